The molecule has 4 N–H and O–H groups in total. The molecule has 7 rings (SSSR count). The second kappa shape index (κ2) is 11.9. The van der Waals surface area contributed by atoms with Crippen molar-refractivity contribution in [3.63, 3.8) is 0 Å². The first-order valence-electron chi connectivity index (χ1n) is 15.2. The minimum Gasteiger partial charge on any atom is -0.368 e. The molecule has 0 bridgehead atoms. The van der Waals surface area contributed by atoms with Gasteiger partial charge in [0.25, 0.3) is 0 Å². The number of piperidine rings is 2. The normalized spacial score (nSPS) is 21.8. The van der Waals surface area contributed by atoms with E-state index in [-0.39, 0.29) is 5.91 Å². The van der Waals surface area contributed by atoms with Gasteiger partial charge in [-0.25, -0.2) is 9.97 Å². The minimum absolute atomic E-state index is 0.0709. The maximum Gasteiger partial charge on any atom is 0.224 e. The highest BCUT2D eigenvalue weighted by Gasteiger charge is 2.21. The molecule has 4 aromatic rings. The molecule has 42 heavy (non-hydrogen) atoms. The average Bonchev–Trinajstić information content (AvgIpc) is 3.63. The molecule has 2 saturated heterocycles. The summed E-state index contributed by atoms with van der Waals surface area (Å²) in [6.45, 7) is 4.03. The Labute approximate surface area is 244 Å². The van der Waals surface area contributed by atoms with Gasteiger partial charge in [-0.2, -0.15) is 5.10 Å². The van der Waals surface area contributed by atoms with Crippen LogP contribution in [0.3, 0.4) is 0 Å². The predicted octanol–water partition coefficient (Wildman–Crippen LogP) is 5.01. The maximum atomic E-state index is 12.9. The SMILES string of the molecule is O=C(CC1CCNCC1)NC1=C/C(c2ccc3[nH]nc(-c4nc5c(N6CCCCC6)cncc5[nH]4)c3n2)=C\CC\C=C\1. The Morgan fingerprint density at radius 2 is 1.88 bits per heavy atom. The van der Waals surface area contributed by atoms with Crippen molar-refractivity contribution in [2.75, 3.05) is 31.1 Å². The molecule has 1 amide bonds. The number of imidazole rings is 1. The van der Waals surface area contributed by atoms with E-state index >= 15 is 0 Å². The molecule has 4 aromatic heterocycles. The van der Waals surface area contributed by atoms with Crippen LogP contribution in [0.5, 0.6) is 0 Å². The largest absolute Gasteiger partial charge is 0.368 e. The van der Waals surface area contributed by atoms with Gasteiger partial charge in [0.15, 0.2) is 11.5 Å². The molecule has 10 nitrogen and oxygen atoms in total. The van der Waals surface area contributed by atoms with E-state index in [1.165, 1.54) is 19.3 Å². The Balaban J connectivity index is 1.18. The van der Waals surface area contributed by atoms with Gasteiger partial charge in [0.1, 0.15) is 11.0 Å². The van der Waals surface area contributed by atoms with Gasteiger partial charge in [0, 0.05) is 25.2 Å². The maximum absolute atomic E-state index is 12.9. The lowest BCUT2D eigenvalue weighted by Crippen LogP contribution is -2.31. The third-order valence-corrected chi connectivity index (χ3v) is 8.52. The van der Waals surface area contributed by atoms with Crippen LogP contribution in [0.2, 0.25) is 0 Å². The Morgan fingerprint density at radius 1 is 1.00 bits per heavy atom. The number of pyridine rings is 2. The van der Waals surface area contributed by atoms with Crippen molar-refractivity contribution in [2.24, 2.45) is 5.92 Å². The lowest BCUT2D eigenvalue weighted by Gasteiger charge is -2.28. The molecule has 6 heterocycles. The van der Waals surface area contributed by atoms with Crippen LogP contribution in [0, 0.1) is 5.92 Å². The molecule has 3 aliphatic rings. The predicted molar refractivity (Wildman–Crippen MR) is 166 cm³/mol. The first-order chi connectivity index (χ1) is 20.7. The second-order valence-corrected chi connectivity index (χ2v) is 11.5. The van der Waals surface area contributed by atoms with E-state index in [2.05, 4.69) is 47.9 Å². The number of fused-ring (bicyclic) bond motifs is 2. The van der Waals surface area contributed by atoms with Gasteiger partial charge in [0.05, 0.1) is 34.8 Å². The first-order valence-corrected chi connectivity index (χ1v) is 15.2. The highest BCUT2D eigenvalue weighted by atomic mass is 16.1. The first kappa shape index (κ1) is 26.6. The van der Waals surface area contributed by atoms with Crippen LogP contribution >= 0.6 is 0 Å². The van der Waals surface area contributed by atoms with E-state index in [1.807, 2.05) is 36.7 Å². The number of anilines is 1. The van der Waals surface area contributed by atoms with Crippen LogP contribution in [0.25, 0.3) is 39.2 Å². The van der Waals surface area contributed by atoms with Gasteiger partial charge in [-0.3, -0.25) is 14.9 Å². The third-order valence-electron chi connectivity index (χ3n) is 8.52. The Kier molecular flexibility index (Phi) is 7.53. The van der Waals surface area contributed by atoms with Crippen molar-refractivity contribution in [2.45, 2.75) is 51.4 Å². The van der Waals surface area contributed by atoms with Crippen LogP contribution in [0.15, 0.2) is 54.5 Å². The molecular weight excluding hydrogens is 526 g/mol. The van der Waals surface area contributed by atoms with Crippen molar-refractivity contribution in [1.29, 1.82) is 0 Å². The number of H-pyrrole nitrogens is 2. The van der Waals surface area contributed by atoms with E-state index < -0.39 is 0 Å². The summed E-state index contributed by atoms with van der Waals surface area (Å²) in [7, 11) is 0. The fourth-order valence-corrected chi connectivity index (χ4v) is 6.26. The van der Waals surface area contributed by atoms with Crippen molar-refractivity contribution < 1.29 is 4.79 Å². The summed E-state index contributed by atoms with van der Waals surface area (Å²) >= 11 is 0. The van der Waals surface area contributed by atoms with E-state index in [1.54, 1.807) is 0 Å². The summed E-state index contributed by atoms with van der Waals surface area (Å²) < 4.78 is 0. The van der Waals surface area contributed by atoms with Crippen LogP contribution in [-0.2, 0) is 4.79 Å². The van der Waals surface area contributed by atoms with Gasteiger partial charge in [0.2, 0.25) is 5.91 Å². The number of rotatable bonds is 6. The quantitative estimate of drug-likeness (QED) is 0.260. The molecule has 216 valence electrons. The van der Waals surface area contributed by atoms with Crippen molar-refractivity contribution in [3.8, 4) is 11.5 Å². The van der Waals surface area contributed by atoms with Crippen molar-refractivity contribution >= 4 is 39.2 Å². The highest BCUT2D eigenvalue weighted by Crippen LogP contribution is 2.31. The molecule has 0 atom stereocenters. The molecule has 1 aliphatic carbocycles. The summed E-state index contributed by atoms with van der Waals surface area (Å²) in [5, 5.41) is 14.3. The number of allylic oxidation sites excluding steroid dienone is 5. The highest BCUT2D eigenvalue weighted by molar-refractivity contribution is 5.94. The molecule has 0 saturated carbocycles. The zero-order valence-corrected chi connectivity index (χ0v) is 23.8. The molecule has 10 heteroatoms. The molecular formula is C32H37N9O. The van der Waals surface area contributed by atoms with Crippen molar-refractivity contribution in [3.05, 3.63) is 60.2 Å². The summed E-state index contributed by atoms with van der Waals surface area (Å²) in [4.78, 5) is 33.3. The second-order valence-electron chi connectivity index (χ2n) is 11.5. The number of amides is 1. The number of carbonyl (C=O) groups is 1. The molecule has 2 fully saturated rings. The average molecular weight is 564 g/mol. The Hall–Kier alpha value is -4.31. The number of nitrogens with zero attached hydrogens (tertiary/aromatic N) is 5. The van der Waals surface area contributed by atoms with E-state index in [0.717, 1.165) is 96.6 Å². The lowest BCUT2D eigenvalue weighted by molar-refractivity contribution is -0.121. The molecule has 0 unspecified atom stereocenters. The van der Waals surface area contributed by atoms with Gasteiger partial charge in [-0.15, -0.1) is 0 Å². The van der Waals surface area contributed by atoms with E-state index in [4.69, 9.17) is 9.97 Å². The zero-order chi connectivity index (χ0) is 28.3. The minimum atomic E-state index is 0.0709. The Morgan fingerprint density at radius 3 is 2.76 bits per heavy atom. The summed E-state index contributed by atoms with van der Waals surface area (Å²) in [5.74, 6) is 1.18. The van der Waals surface area contributed by atoms with E-state index in [9.17, 15) is 4.79 Å². The third kappa shape index (κ3) is 5.59. The summed E-state index contributed by atoms with van der Waals surface area (Å²) in [5.41, 5.74) is 7.75. The van der Waals surface area contributed by atoms with Gasteiger partial charge in [-0.05, 0) is 93.8 Å². The summed E-state index contributed by atoms with van der Waals surface area (Å²) in [6.07, 6.45) is 20.2. The van der Waals surface area contributed by atoms with Crippen LogP contribution in [0.1, 0.15) is 57.1 Å². The van der Waals surface area contributed by atoms with Gasteiger partial charge in [-0.1, -0.05) is 12.2 Å². The van der Waals surface area contributed by atoms with Crippen molar-refractivity contribution in [1.82, 2.24) is 40.8 Å². The number of hydrogen-bond donors (Lipinski definition) is 4. The van der Waals surface area contributed by atoms with Gasteiger partial charge >= 0.3 is 0 Å². The smallest absolute Gasteiger partial charge is 0.224 e. The number of carbonyl (C=O) groups excluding carboxylic acids is 1. The molecule has 0 aromatic carbocycles. The number of nitrogens with one attached hydrogen (secondary N) is 4. The fraction of sp³-hybridized carbons (Fsp3) is 0.406. The van der Waals surface area contributed by atoms with Crippen LogP contribution in [-0.4, -0.2) is 62.2 Å². The lowest BCUT2D eigenvalue weighted by atomic mass is 9.94. The fourth-order valence-electron chi connectivity index (χ4n) is 6.26. The number of hydrogen-bond acceptors (Lipinski definition) is 7. The number of aromatic amines is 2. The summed E-state index contributed by atoms with van der Waals surface area (Å²) in [6, 6.07) is 4.01. The Bertz CT molecular complexity index is 1680. The molecule has 0 radical (unpaired) electrons. The van der Waals surface area contributed by atoms with Gasteiger partial charge < -0.3 is 20.5 Å². The number of aromatic nitrogens is 6. The van der Waals surface area contributed by atoms with Crippen LogP contribution in [0.4, 0.5) is 5.69 Å². The topological polar surface area (TPSA) is 128 Å². The zero-order valence-electron chi connectivity index (χ0n) is 23.8. The van der Waals surface area contributed by atoms with E-state index in [0.29, 0.717) is 23.9 Å². The van der Waals surface area contributed by atoms with Crippen LogP contribution < -0.4 is 15.5 Å². The molecule has 0 spiro atoms. The molecule has 2 aliphatic heterocycles. The monoisotopic (exact) mass is 563 g/mol. The standard InChI is InChI=1S/C32H37N9O/c42-28(17-21-11-13-33-14-12-21)35-23-8-4-1-3-7-22(18-23)24-9-10-25-30(36-24)31(40-39-25)32-37-26-19-34-20-27(29(26)38-32)41-15-5-2-6-16-41/h4,7-10,18-21,33H,1-3,5-6,11-17H2,(H,35,42)(H,37,38)(H,39,40)/b8-4+,22-7+,23-18+.